The fourth-order valence-corrected chi connectivity index (χ4v) is 2.66. The number of rotatable bonds is 4. The first-order chi connectivity index (χ1) is 8.92. The lowest BCUT2D eigenvalue weighted by Crippen LogP contribution is -2.37. The highest BCUT2D eigenvalue weighted by molar-refractivity contribution is 5.74. The van der Waals surface area contributed by atoms with Gasteiger partial charge in [0.15, 0.2) is 0 Å². The Bertz CT molecular complexity index is 477. The van der Waals surface area contributed by atoms with Gasteiger partial charge >= 0.3 is 5.97 Å². The van der Waals surface area contributed by atoms with E-state index >= 15 is 0 Å². The number of likely N-dealkylation sites (tertiary alicyclic amines) is 1. The summed E-state index contributed by atoms with van der Waals surface area (Å²) in [5, 5.41) is 9.22. The second-order valence-electron chi connectivity index (χ2n) is 5.73. The predicted molar refractivity (Wildman–Crippen MR) is 71.5 cm³/mol. The summed E-state index contributed by atoms with van der Waals surface area (Å²) in [4.78, 5) is 13.4. The lowest BCUT2D eigenvalue weighted by molar-refractivity contribution is -0.147. The average molecular weight is 265 g/mol. The molecule has 0 aromatic heterocycles. The number of halogens is 1. The first-order valence-electron chi connectivity index (χ1n) is 6.63. The standard InChI is InChI=1S/C15H20FNO2/c1-11(9-12-5-3-4-6-13(12)16)17-8-7-15(2,10-17)14(18)19/h3-6,11H,7-10H2,1-2H3,(H,18,19). The van der Waals surface area contributed by atoms with Crippen molar-refractivity contribution in [2.24, 2.45) is 5.41 Å². The van der Waals surface area contributed by atoms with Crippen LogP contribution in [-0.4, -0.2) is 35.1 Å². The minimum atomic E-state index is -0.743. The molecular formula is C15H20FNO2. The first kappa shape index (κ1) is 14.0. The minimum absolute atomic E-state index is 0.151. The summed E-state index contributed by atoms with van der Waals surface area (Å²) in [5.74, 6) is -0.928. The van der Waals surface area contributed by atoms with E-state index in [1.54, 1.807) is 19.1 Å². The number of aliphatic carboxylic acids is 1. The van der Waals surface area contributed by atoms with Crippen LogP contribution < -0.4 is 0 Å². The van der Waals surface area contributed by atoms with Crippen molar-refractivity contribution < 1.29 is 14.3 Å². The summed E-state index contributed by atoms with van der Waals surface area (Å²) in [6, 6.07) is 6.92. The van der Waals surface area contributed by atoms with E-state index in [-0.39, 0.29) is 11.9 Å². The Morgan fingerprint density at radius 1 is 1.53 bits per heavy atom. The monoisotopic (exact) mass is 265 g/mol. The average Bonchev–Trinajstić information content (AvgIpc) is 2.76. The van der Waals surface area contributed by atoms with Gasteiger partial charge in [0, 0.05) is 12.6 Å². The summed E-state index contributed by atoms with van der Waals surface area (Å²) in [5.41, 5.74) is 0.0303. The lowest BCUT2D eigenvalue weighted by Gasteiger charge is -2.26. The van der Waals surface area contributed by atoms with Gasteiger partial charge in [-0.3, -0.25) is 9.69 Å². The van der Waals surface area contributed by atoms with Crippen LogP contribution in [0.2, 0.25) is 0 Å². The molecule has 1 fully saturated rings. The van der Waals surface area contributed by atoms with E-state index in [0.29, 0.717) is 24.9 Å². The second kappa shape index (κ2) is 5.29. The highest BCUT2D eigenvalue weighted by Crippen LogP contribution is 2.31. The fourth-order valence-electron chi connectivity index (χ4n) is 2.66. The number of carboxylic acid groups (broad SMARTS) is 1. The molecule has 0 saturated carbocycles. The summed E-state index contributed by atoms with van der Waals surface area (Å²) < 4.78 is 13.6. The molecule has 2 rings (SSSR count). The quantitative estimate of drug-likeness (QED) is 0.909. The van der Waals surface area contributed by atoms with Gasteiger partial charge in [-0.25, -0.2) is 4.39 Å². The molecule has 1 aromatic rings. The van der Waals surface area contributed by atoms with Crippen LogP contribution in [0.5, 0.6) is 0 Å². The minimum Gasteiger partial charge on any atom is -0.481 e. The molecular weight excluding hydrogens is 245 g/mol. The summed E-state index contributed by atoms with van der Waals surface area (Å²) in [7, 11) is 0. The lowest BCUT2D eigenvalue weighted by atomic mass is 9.90. The van der Waals surface area contributed by atoms with E-state index in [0.717, 1.165) is 6.54 Å². The smallest absolute Gasteiger partial charge is 0.310 e. The van der Waals surface area contributed by atoms with E-state index in [4.69, 9.17) is 0 Å². The van der Waals surface area contributed by atoms with E-state index in [2.05, 4.69) is 4.90 Å². The van der Waals surface area contributed by atoms with Crippen molar-refractivity contribution in [3.63, 3.8) is 0 Å². The van der Waals surface area contributed by atoms with Crippen molar-refractivity contribution in [3.8, 4) is 0 Å². The molecule has 1 N–H and O–H groups in total. The fraction of sp³-hybridized carbons (Fsp3) is 0.533. The Labute approximate surface area is 113 Å². The third-order valence-electron chi connectivity index (χ3n) is 4.12. The summed E-state index contributed by atoms with van der Waals surface area (Å²) in [6.07, 6.45) is 1.27. The molecule has 1 heterocycles. The molecule has 3 nitrogen and oxygen atoms in total. The molecule has 2 atom stereocenters. The van der Waals surface area contributed by atoms with Crippen molar-refractivity contribution >= 4 is 5.97 Å². The van der Waals surface area contributed by atoms with Crippen molar-refractivity contribution in [1.29, 1.82) is 0 Å². The number of hydrogen-bond donors (Lipinski definition) is 1. The molecule has 0 bridgehead atoms. The zero-order valence-corrected chi connectivity index (χ0v) is 11.4. The van der Waals surface area contributed by atoms with Crippen LogP contribution >= 0.6 is 0 Å². The SMILES string of the molecule is CC(Cc1ccccc1F)N1CCC(C)(C(=O)O)C1. The van der Waals surface area contributed by atoms with Gasteiger partial charge in [-0.1, -0.05) is 18.2 Å². The van der Waals surface area contributed by atoms with Crippen LogP contribution in [0.15, 0.2) is 24.3 Å². The van der Waals surface area contributed by atoms with Crippen LogP contribution in [0.4, 0.5) is 4.39 Å². The molecule has 0 aliphatic carbocycles. The van der Waals surface area contributed by atoms with Crippen molar-refractivity contribution in [2.75, 3.05) is 13.1 Å². The maximum atomic E-state index is 13.6. The Kier molecular flexibility index (Phi) is 3.90. The molecule has 0 spiro atoms. The van der Waals surface area contributed by atoms with Crippen LogP contribution in [0.3, 0.4) is 0 Å². The maximum Gasteiger partial charge on any atom is 0.310 e. The Hall–Kier alpha value is -1.42. The molecule has 1 aliphatic rings. The summed E-state index contributed by atoms with van der Waals surface area (Å²) >= 11 is 0. The highest BCUT2D eigenvalue weighted by atomic mass is 19.1. The molecule has 19 heavy (non-hydrogen) atoms. The molecule has 1 aliphatic heterocycles. The molecule has 1 saturated heterocycles. The normalized spacial score (nSPS) is 25.4. The number of hydrogen-bond acceptors (Lipinski definition) is 2. The predicted octanol–water partition coefficient (Wildman–Crippen LogP) is 2.55. The number of carboxylic acids is 1. The molecule has 104 valence electrons. The molecule has 1 aromatic carbocycles. The van der Waals surface area contributed by atoms with Crippen LogP contribution in [-0.2, 0) is 11.2 Å². The van der Waals surface area contributed by atoms with Crippen LogP contribution in [0.1, 0.15) is 25.8 Å². The maximum absolute atomic E-state index is 13.6. The number of carbonyl (C=O) groups is 1. The van der Waals surface area contributed by atoms with Crippen LogP contribution in [0, 0.1) is 11.2 Å². The zero-order chi connectivity index (χ0) is 14.0. The molecule has 2 unspecified atom stereocenters. The highest BCUT2D eigenvalue weighted by Gasteiger charge is 2.41. The number of nitrogens with zero attached hydrogens (tertiary/aromatic N) is 1. The Morgan fingerprint density at radius 2 is 2.21 bits per heavy atom. The first-order valence-corrected chi connectivity index (χ1v) is 6.63. The van der Waals surface area contributed by atoms with Gasteiger partial charge in [0.05, 0.1) is 5.41 Å². The van der Waals surface area contributed by atoms with Crippen molar-refractivity contribution in [2.45, 2.75) is 32.7 Å². The van der Waals surface area contributed by atoms with E-state index in [1.165, 1.54) is 6.07 Å². The topological polar surface area (TPSA) is 40.5 Å². The third-order valence-corrected chi connectivity index (χ3v) is 4.12. The van der Waals surface area contributed by atoms with Gasteiger partial charge < -0.3 is 5.11 Å². The molecule has 0 amide bonds. The Morgan fingerprint density at radius 3 is 2.79 bits per heavy atom. The second-order valence-corrected chi connectivity index (χ2v) is 5.73. The van der Waals surface area contributed by atoms with Gasteiger partial charge in [-0.15, -0.1) is 0 Å². The molecule has 0 radical (unpaired) electrons. The van der Waals surface area contributed by atoms with Gasteiger partial charge in [-0.2, -0.15) is 0 Å². The van der Waals surface area contributed by atoms with Gasteiger partial charge in [-0.05, 0) is 44.9 Å². The van der Waals surface area contributed by atoms with Crippen LogP contribution in [0.25, 0.3) is 0 Å². The summed E-state index contributed by atoms with van der Waals surface area (Å²) in [6.45, 7) is 5.11. The van der Waals surface area contributed by atoms with Crippen molar-refractivity contribution in [1.82, 2.24) is 4.90 Å². The Balaban J connectivity index is 2.01. The van der Waals surface area contributed by atoms with E-state index in [9.17, 15) is 14.3 Å². The van der Waals surface area contributed by atoms with Crippen molar-refractivity contribution in [3.05, 3.63) is 35.6 Å². The van der Waals surface area contributed by atoms with E-state index < -0.39 is 11.4 Å². The molecule has 4 heteroatoms. The zero-order valence-electron chi connectivity index (χ0n) is 11.4. The third kappa shape index (κ3) is 2.95. The van der Waals surface area contributed by atoms with E-state index in [1.807, 2.05) is 13.0 Å². The number of benzene rings is 1. The van der Waals surface area contributed by atoms with Gasteiger partial charge in [0.25, 0.3) is 0 Å². The van der Waals surface area contributed by atoms with Gasteiger partial charge in [0.2, 0.25) is 0 Å². The largest absolute Gasteiger partial charge is 0.481 e. The van der Waals surface area contributed by atoms with Gasteiger partial charge in [0.1, 0.15) is 5.82 Å².